The quantitative estimate of drug-likeness (QED) is 0.722. The Kier molecular flexibility index (Phi) is 7.54. The number of amides is 4. The van der Waals surface area contributed by atoms with Gasteiger partial charge in [0.05, 0.1) is 13.1 Å². The standard InChI is InChI=1S/C23H35N5O3/c1-5-11-19-22(30)26(18(6-2)7-3)15-20-27(19)21(29)16-25(4)28(20)23(31)24-14-17-12-9-8-10-13-17/h8-10,12-13,18-20H,5-7,11,14-16H2,1-4H3,(H,24,31)/t19-,20-/m0/s1. The van der Waals surface area contributed by atoms with Crippen molar-refractivity contribution in [1.29, 1.82) is 0 Å². The molecule has 0 saturated carbocycles. The first-order valence-electron chi connectivity index (χ1n) is 11.4. The van der Waals surface area contributed by atoms with Gasteiger partial charge >= 0.3 is 6.03 Å². The third-order valence-electron chi connectivity index (χ3n) is 6.33. The first kappa shape index (κ1) is 23.1. The van der Waals surface area contributed by atoms with Crippen molar-refractivity contribution >= 4 is 17.8 Å². The van der Waals surface area contributed by atoms with Crippen molar-refractivity contribution in [3.8, 4) is 0 Å². The normalized spacial score (nSPS) is 22.2. The molecule has 0 bridgehead atoms. The van der Waals surface area contributed by atoms with E-state index in [4.69, 9.17) is 0 Å². The summed E-state index contributed by atoms with van der Waals surface area (Å²) in [6.07, 6.45) is 2.58. The molecule has 2 aliphatic rings. The zero-order chi connectivity index (χ0) is 22.5. The van der Waals surface area contributed by atoms with Gasteiger partial charge in [0.1, 0.15) is 12.2 Å². The van der Waals surface area contributed by atoms with Crippen LogP contribution in [0.4, 0.5) is 4.79 Å². The fourth-order valence-electron chi connectivity index (χ4n) is 4.73. The van der Waals surface area contributed by atoms with Crippen LogP contribution in [-0.4, -0.2) is 76.0 Å². The number of hydrazine groups is 1. The van der Waals surface area contributed by atoms with Crippen molar-refractivity contribution in [3.63, 3.8) is 0 Å². The predicted octanol–water partition coefficient (Wildman–Crippen LogP) is 2.41. The average molecular weight is 430 g/mol. The van der Waals surface area contributed by atoms with Crippen molar-refractivity contribution in [2.75, 3.05) is 20.1 Å². The number of hydrogen-bond donors (Lipinski definition) is 1. The lowest BCUT2D eigenvalue weighted by Gasteiger charge is -2.55. The Hall–Kier alpha value is -2.61. The van der Waals surface area contributed by atoms with Gasteiger partial charge in [0.25, 0.3) is 0 Å². The summed E-state index contributed by atoms with van der Waals surface area (Å²) < 4.78 is 0. The van der Waals surface area contributed by atoms with Gasteiger partial charge in [0, 0.05) is 19.6 Å². The van der Waals surface area contributed by atoms with E-state index in [-0.39, 0.29) is 30.4 Å². The predicted molar refractivity (Wildman–Crippen MR) is 119 cm³/mol. The summed E-state index contributed by atoms with van der Waals surface area (Å²) in [5, 5.41) is 6.28. The number of piperazine rings is 1. The van der Waals surface area contributed by atoms with E-state index in [1.807, 2.05) is 42.2 Å². The highest BCUT2D eigenvalue weighted by Crippen LogP contribution is 2.30. The highest BCUT2D eigenvalue weighted by Gasteiger charge is 2.51. The number of carbonyl (C=O) groups is 3. The smallest absolute Gasteiger partial charge is 0.334 e. The maximum absolute atomic E-state index is 13.3. The summed E-state index contributed by atoms with van der Waals surface area (Å²) in [6.45, 7) is 6.98. The lowest BCUT2D eigenvalue weighted by molar-refractivity contribution is -0.189. The molecule has 8 heteroatoms. The minimum Gasteiger partial charge on any atom is -0.334 e. The fourth-order valence-corrected chi connectivity index (χ4v) is 4.73. The van der Waals surface area contributed by atoms with Crippen LogP contribution in [0.1, 0.15) is 52.0 Å². The minimum atomic E-state index is -0.519. The highest BCUT2D eigenvalue weighted by molar-refractivity contribution is 5.91. The molecule has 2 fully saturated rings. The molecule has 1 N–H and O–H groups in total. The molecule has 0 radical (unpaired) electrons. The van der Waals surface area contributed by atoms with Crippen LogP contribution in [-0.2, 0) is 16.1 Å². The van der Waals surface area contributed by atoms with E-state index in [0.29, 0.717) is 19.5 Å². The summed E-state index contributed by atoms with van der Waals surface area (Å²) in [5.41, 5.74) is 1.00. The summed E-state index contributed by atoms with van der Waals surface area (Å²) in [6, 6.07) is 9.05. The van der Waals surface area contributed by atoms with E-state index in [1.54, 1.807) is 22.0 Å². The Balaban J connectivity index is 1.88. The first-order chi connectivity index (χ1) is 14.9. The number of urea groups is 1. The maximum Gasteiger partial charge on any atom is 0.334 e. The van der Waals surface area contributed by atoms with E-state index in [9.17, 15) is 14.4 Å². The first-order valence-corrected chi connectivity index (χ1v) is 11.4. The molecule has 2 saturated heterocycles. The van der Waals surface area contributed by atoms with Gasteiger partial charge in [-0.15, -0.1) is 0 Å². The molecule has 0 aliphatic carbocycles. The Morgan fingerprint density at radius 3 is 2.42 bits per heavy atom. The van der Waals surface area contributed by atoms with Crippen molar-refractivity contribution in [2.45, 2.75) is 71.2 Å². The molecule has 31 heavy (non-hydrogen) atoms. The van der Waals surface area contributed by atoms with Gasteiger partial charge in [-0.05, 0) is 24.8 Å². The second-order valence-corrected chi connectivity index (χ2v) is 8.35. The minimum absolute atomic E-state index is 0.00865. The summed E-state index contributed by atoms with van der Waals surface area (Å²) in [4.78, 5) is 43.1. The molecule has 3 rings (SSSR count). The second-order valence-electron chi connectivity index (χ2n) is 8.35. The van der Waals surface area contributed by atoms with Gasteiger partial charge < -0.3 is 15.1 Å². The Morgan fingerprint density at radius 1 is 1.13 bits per heavy atom. The third kappa shape index (κ3) is 4.69. The maximum atomic E-state index is 13.3. The number of nitrogens with one attached hydrogen (secondary N) is 1. The van der Waals surface area contributed by atoms with Gasteiger partial charge in [0.2, 0.25) is 11.8 Å². The van der Waals surface area contributed by atoms with Crippen LogP contribution in [0.5, 0.6) is 0 Å². The number of nitrogens with zero attached hydrogens (tertiary/aromatic N) is 4. The number of rotatable bonds is 7. The summed E-state index contributed by atoms with van der Waals surface area (Å²) in [5.74, 6) is -0.0926. The largest absolute Gasteiger partial charge is 0.334 e. The van der Waals surface area contributed by atoms with Gasteiger partial charge in [0.15, 0.2) is 0 Å². The van der Waals surface area contributed by atoms with Crippen LogP contribution in [0, 0.1) is 0 Å². The molecule has 0 unspecified atom stereocenters. The van der Waals surface area contributed by atoms with Gasteiger partial charge in [-0.25, -0.2) is 14.8 Å². The monoisotopic (exact) mass is 429 g/mol. The van der Waals surface area contributed by atoms with Crippen molar-refractivity contribution in [2.24, 2.45) is 0 Å². The number of benzene rings is 1. The van der Waals surface area contributed by atoms with Gasteiger partial charge in [-0.2, -0.15) is 0 Å². The molecule has 2 aliphatic heterocycles. The van der Waals surface area contributed by atoms with E-state index in [2.05, 4.69) is 19.2 Å². The van der Waals surface area contributed by atoms with E-state index in [0.717, 1.165) is 24.8 Å². The topological polar surface area (TPSA) is 76.2 Å². The molecule has 0 spiro atoms. The molecule has 4 amide bonds. The van der Waals surface area contributed by atoms with Crippen LogP contribution in [0.3, 0.4) is 0 Å². The van der Waals surface area contributed by atoms with E-state index >= 15 is 0 Å². The van der Waals surface area contributed by atoms with E-state index in [1.165, 1.54) is 0 Å². The molecule has 1 aromatic carbocycles. The van der Waals surface area contributed by atoms with E-state index < -0.39 is 12.2 Å². The summed E-state index contributed by atoms with van der Waals surface area (Å²) in [7, 11) is 1.75. The molecule has 2 heterocycles. The molecule has 170 valence electrons. The third-order valence-corrected chi connectivity index (χ3v) is 6.33. The average Bonchev–Trinajstić information content (AvgIpc) is 2.76. The summed E-state index contributed by atoms with van der Waals surface area (Å²) >= 11 is 0. The number of fused-ring (bicyclic) bond motifs is 1. The van der Waals surface area contributed by atoms with Gasteiger partial charge in [-0.3, -0.25) is 9.59 Å². The second kappa shape index (κ2) is 10.1. The molecular formula is C23H35N5O3. The van der Waals surface area contributed by atoms with Crippen LogP contribution in [0.25, 0.3) is 0 Å². The lowest BCUT2D eigenvalue weighted by Crippen LogP contribution is -2.76. The van der Waals surface area contributed by atoms with Crippen LogP contribution in [0.2, 0.25) is 0 Å². The van der Waals surface area contributed by atoms with Crippen molar-refractivity contribution < 1.29 is 14.4 Å². The van der Waals surface area contributed by atoms with Crippen LogP contribution >= 0.6 is 0 Å². The number of hydrogen-bond acceptors (Lipinski definition) is 4. The fraction of sp³-hybridized carbons (Fsp3) is 0.609. The highest BCUT2D eigenvalue weighted by atomic mass is 16.2. The number of carbonyl (C=O) groups excluding carboxylic acids is 3. The molecule has 1 aromatic rings. The Morgan fingerprint density at radius 2 is 1.81 bits per heavy atom. The zero-order valence-electron chi connectivity index (χ0n) is 19.1. The Labute approximate surface area is 185 Å². The van der Waals surface area contributed by atoms with Crippen LogP contribution in [0.15, 0.2) is 30.3 Å². The molecule has 0 aromatic heterocycles. The zero-order valence-corrected chi connectivity index (χ0v) is 19.1. The molecule has 8 nitrogen and oxygen atoms in total. The molecule has 2 atom stereocenters. The molecular weight excluding hydrogens is 394 g/mol. The van der Waals surface area contributed by atoms with Crippen LogP contribution < -0.4 is 5.32 Å². The van der Waals surface area contributed by atoms with Crippen molar-refractivity contribution in [1.82, 2.24) is 25.1 Å². The Bertz CT molecular complexity index is 783. The SMILES string of the molecule is CCC[C@H]1C(=O)N(C(CC)CC)C[C@H]2N1C(=O)CN(C)N2C(=O)NCc1ccccc1. The van der Waals surface area contributed by atoms with Gasteiger partial charge in [-0.1, -0.05) is 57.5 Å². The van der Waals surface area contributed by atoms with Crippen molar-refractivity contribution in [3.05, 3.63) is 35.9 Å². The number of likely N-dealkylation sites (N-methyl/N-ethyl adjacent to an activating group) is 1. The lowest BCUT2D eigenvalue weighted by atomic mass is 9.99.